The fourth-order valence-electron chi connectivity index (χ4n) is 3.07. The second-order valence-electron chi connectivity index (χ2n) is 7.83. The third-order valence-electron chi connectivity index (χ3n) is 4.88. The minimum Gasteiger partial charge on any atom is -0.391 e. The van der Waals surface area contributed by atoms with Crippen molar-refractivity contribution in [3.05, 3.63) is 65.2 Å². The van der Waals surface area contributed by atoms with Crippen LogP contribution in [0.1, 0.15) is 71.6 Å². The largest absolute Gasteiger partial charge is 0.391 e. The maximum Gasteiger partial charge on any atom is 0.211 e. The molecule has 0 saturated heterocycles. The van der Waals surface area contributed by atoms with Gasteiger partial charge in [0.15, 0.2) is 0 Å². The van der Waals surface area contributed by atoms with Crippen LogP contribution < -0.4 is 16.1 Å². The molecule has 36 heavy (non-hydrogen) atoms. The van der Waals surface area contributed by atoms with Gasteiger partial charge in [-0.25, -0.2) is 4.99 Å². The number of nitrogens with zero attached hydrogens (tertiary/aromatic N) is 1. The maximum atomic E-state index is 11.2. The first-order valence-electron chi connectivity index (χ1n) is 12.3. The molecule has 0 spiro atoms. The molecule has 3 unspecified atom stereocenters. The summed E-state index contributed by atoms with van der Waals surface area (Å²) in [4.78, 5) is 29.8. The van der Waals surface area contributed by atoms with Crippen molar-refractivity contribution < 1.29 is 14.4 Å². The molecular weight excluding hydrogens is 469 g/mol. The van der Waals surface area contributed by atoms with Crippen molar-refractivity contribution in [3.8, 4) is 0 Å². The molecule has 0 aromatic heterocycles. The lowest BCUT2D eigenvalue weighted by Gasteiger charge is -2.12. The molecule has 0 bridgehead atoms. The van der Waals surface area contributed by atoms with Crippen molar-refractivity contribution in [2.45, 2.75) is 86.9 Å². The minimum absolute atomic E-state index is 0. The Labute approximate surface area is 221 Å². The van der Waals surface area contributed by atoms with Crippen molar-refractivity contribution in [2.75, 3.05) is 7.05 Å². The lowest BCUT2D eigenvalue weighted by molar-refractivity contribution is -0.118. The Bertz CT molecular complexity index is 868. The van der Waals surface area contributed by atoms with E-state index in [4.69, 9.17) is 9.63 Å². The van der Waals surface area contributed by atoms with E-state index in [1.165, 1.54) is 23.6 Å². The van der Waals surface area contributed by atoms with Crippen LogP contribution in [0.3, 0.4) is 0 Å². The number of aldehydes is 1. The molecule has 0 fully saturated rings. The summed E-state index contributed by atoms with van der Waals surface area (Å²) in [6.45, 7) is 11.3. The van der Waals surface area contributed by atoms with Crippen LogP contribution in [0.5, 0.6) is 0 Å². The Morgan fingerprint density at radius 3 is 2.14 bits per heavy atom. The van der Waals surface area contributed by atoms with Gasteiger partial charge in [0, 0.05) is 12.8 Å². The summed E-state index contributed by atoms with van der Waals surface area (Å²) < 4.78 is 0. The number of Topliss-reactive ketones (excluding diaryl/α,β-unsaturated/α-hetero) is 1. The second kappa shape index (κ2) is 21.8. The zero-order chi connectivity index (χ0) is 26.6. The summed E-state index contributed by atoms with van der Waals surface area (Å²) in [6, 6.07) is 16.6. The highest BCUT2D eigenvalue weighted by molar-refractivity contribution is 7.27. The average Bonchev–Trinajstić information content (AvgIpc) is 3.29. The van der Waals surface area contributed by atoms with E-state index in [1.807, 2.05) is 33.0 Å². The topological polar surface area (TPSA) is 79.8 Å². The van der Waals surface area contributed by atoms with Crippen molar-refractivity contribution in [3.63, 3.8) is 0 Å². The van der Waals surface area contributed by atoms with Gasteiger partial charge in [0.25, 0.3) is 0 Å². The number of ketones is 1. The molecule has 3 rings (SSSR count). The molecule has 2 aromatic carbocycles. The molecule has 0 aliphatic carbocycles. The molecule has 0 radical (unpaired) electrons. The van der Waals surface area contributed by atoms with Gasteiger partial charge >= 0.3 is 0 Å². The predicted molar refractivity (Wildman–Crippen MR) is 158 cm³/mol. The van der Waals surface area contributed by atoms with Gasteiger partial charge in [-0.2, -0.15) is 0 Å². The third kappa shape index (κ3) is 15.6. The number of aliphatic imine (C=N–C) groups is 1. The molecule has 7 heteroatoms. The molecule has 1 aliphatic rings. The van der Waals surface area contributed by atoms with Gasteiger partial charge in [-0.1, -0.05) is 82.3 Å². The Hall–Kier alpha value is -2.40. The number of hydroxylamine groups is 1. The second-order valence-corrected chi connectivity index (χ2v) is 8.50. The number of benzene rings is 2. The zero-order valence-corrected chi connectivity index (χ0v) is 23.6. The van der Waals surface area contributed by atoms with E-state index in [1.54, 1.807) is 6.92 Å². The quantitative estimate of drug-likeness (QED) is 0.364. The molecule has 3 atom stereocenters. The molecule has 0 saturated carbocycles. The standard InChI is InChI=1S/C13H18N2O.C11H16NOP.C2H4O.C2H6.CH4/c1-3-4-13-14-12(15-16-13)9-11-7-5-10(2)6-8-11;1-8(13)11(12-2)7-9-3-5-10(14)6-4-9;1-2-3;1-2;/h5-8,12,15H,3-4,9H2,1-2H3;3-6,11-12H,7,14H2,1-2H3;2H,1H3;1-2H3;1H4. The summed E-state index contributed by atoms with van der Waals surface area (Å²) in [5.41, 5.74) is 6.71. The first kappa shape index (κ1) is 35.8. The van der Waals surface area contributed by atoms with Crippen LogP contribution in [0.25, 0.3) is 0 Å². The van der Waals surface area contributed by atoms with Crippen LogP contribution in [0, 0.1) is 6.92 Å². The lowest BCUT2D eigenvalue weighted by atomic mass is 10.0. The van der Waals surface area contributed by atoms with Crippen molar-refractivity contribution in [1.82, 2.24) is 10.8 Å². The molecule has 2 N–H and O–H groups in total. The van der Waals surface area contributed by atoms with Crippen LogP contribution in [0.4, 0.5) is 0 Å². The maximum absolute atomic E-state index is 11.2. The summed E-state index contributed by atoms with van der Waals surface area (Å²) in [5.74, 6) is 1.02. The van der Waals surface area contributed by atoms with Crippen LogP contribution in [-0.4, -0.2) is 37.2 Å². The van der Waals surface area contributed by atoms with E-state index in [0.29, 0.717) is 0 Å². The molecule has 1 aliphatic heterocycles. The van der Waals surface area contributed by atoms with Gasteiger partial charge in [0.1, 0.15) is 18.2 Å². The predicted octanol–water partition coefficient (Wildman–Crippen LogP) is 5.37. The van der Waals surface area contributed by atoms with Gasteiger partial charge in [-0.15, -0.1) is 14.7 Å². The normalized spacial score (nSPS) is 14.0. The van der Waals surface area contributed by atoms with Crippen LogP contribution >= 0.6 is 9.24 Å². The number of carbonyl (C=O) groups is 2. The van der Waals surface area contributed by atoms with E-state index < -0.39 is 0 Å². The number of aryl methyl sites for hydroxylation is 1. The highest BCUT2D eigenvalue weighted by Gasteiger charge is 2.17. The van der Waals surface area contributed by atoms with E-state index in [2.05, 4.69) is 75.3 Å². The Morgan fingerprint density at radius 2 is 1.67 bits per heavy atom. The molecular formula is C29H48N3O3P. The van der Waals surface area contributed by atoms with Crippen LogP contribution in [0.2, 0.25) is 0 Å². The number of rotatable bonds is 8. The fraction of sp³-hybridized carbons (Fsp3) is 0.483. The molecule has 1 heterocycles. The molecule has 202 valence electrons. The van der Waals surface area contributed by atoms with Crippen LogP contribution in [-0.2, 0) is 27.3 Å². The average molecular weight is 518 g/mol. The number of likely N-dealkylation sites (N-methyl/N-ethyl adjacent to an activating group) is 1. The summed E-state index contributed by atoms with van der Waals surface area (Å²) >= 11 is 0. The van der Waals surface area contributed by atoms with Gasteiger partial charge in [0.05, 0.1) is 6.04 Å². The smallest absolute Gasteiger partial charge is 0.211 e. The SMILES string of the molecule is C.CC.CC=O.CCCC1=NC(Cc2ccc(C)cc2)NO1.CNC(Cc1ccc(P)cc1)C(C)=O. The van der Waals surface area contributed by atoms with Gasteiger partial charge in [0.2, 0.25) is 5.90 Å². The number of nitrogens with one attached hydrogen (secondary N) is 2. The van der Waals surface area contributed by atoms with E-state index in [0.717, 1.165) is 43.2 Å². The Kier molecular flexibility index (Phi) is 21.7. The van der Waals surface area contributed by atoms with Gasteiger partial charge in [-0.3, -0.25) is 4.79 Å². The lowest BCUT2D eigenvalue weighted by Crippen LogP contribution is -2.34. The van der Waals surface area contributed by atoms with Crippen molar-refractivity contribution >= 4 is 32.5 Å². The molecule has 6 nitrogen and oxygen atoms in total. The van der Waals surface area contributed by atoms with Crippen molar-refractivity contribution in [2.24, 2.45) is 4.99 Å². The number of hydrogen-bond acceptors (Lipinski definition) is 6. The highest BCUT2D eigenvalue weighted by Crippen LogP contribution is 2.11. The Balaban J connectivity index is 0. The number of hydrogen-bond donors (Lipinski definition) is 2. The summed E-state index contributed by atoms with van der Waals surface area (Å²) in [7, 11) is 4.46. The van der Waals surface area contributed by atoms with E-state index >= 15 is 0 Å². The summed E-state index contributed by atoms with van der Waals surface area (Å²) in [6.07, 6.45) is 4.45. The minimum atomic E-state index is -0.0645. The van der Waals surface area contributed by atoms with E-state index in [9.17, 15) is 4.79 Å². The molecule has 2 aromatic rings. The van der Waals surface area contributed by atoms with Gasteiger partial charge < -0.3 is 14.9 Å². The molecule has 0 amide bonds. The number of carbonyl (C=O) groups excluding carboxylic acids is 2. The fourth-order valence-corrected chi connectivity index (χ4v) is 3.26. The first-order valence-corrected chi connectivity index (χ1v) is 12.9. The van der Waals surface area contributed by atoms with E-state index in [-0.39, 0.29) is 25.4 Å². The Morgan fingerprint density at radius 1 is 1.14 bits per heavy atom. The highest BCUT2D eigenvalue weighted by atomic mass is 31.0. The van der Waals surface area contributed by atoms with Crippen LogP contribution in [0.15, 0.2) is 53.5 Å². The van der Waals surface area contributed by atoms with Crippen molar-refractivity contribution in [1.29, 1.82) is 0 Å². The first-order chi connectivity index (χ1) is 16.8. The third-order valence-corrected chi connectivity index (χ3v) is 5.27. The summed E-state index contributed by atoms with van der Waals surface area (Å²) in [5, 5.41) is 4.17. The zero-order valence-electron chi connectivity index (χ0n) is 22.4. The monoisotopic (exact) mass is 517 g/mol. The van der Waals surface area contributed by atoms with Gasteiger partial charge in [-0.05, 0) is 57.1 Å².